The number of halogens is 1. The lowest BCUT2D eigenvalue weighted by molar-refractivity contribution is -0.145. The zero-order valence-electron chi connectivity index (χ0n) is 20.5. The van der Waals surface area contributed by atoms with Crippen LogP contribution in [0, 0.1) is 0 Å². The highest BCUT2D eigenvalue weighted by atomic mass is 35.5. The molecule has 0 aromatic rings. The molecule has 0 radical (unpaired) electrons. The summed E-state index contributed by atoms with van der Waals surface area (Å²) in [6.45, 7) is 3.91. The van der Waals surface area contributed by atoms with Crippen molar-refractivity contribution in [3.8, 4) is 0 Å². The number of carbonyl (C=O) groups is 3. The molecule has 0 saturated carbocycles. The average molecular weight is 478 g/mol. The van der Waals surface area contributed by atoms with E-state index in [1.54, 1.807) is 6.92 Å². The number of rotatable bonds is 20. The molecule has 8 heteroatoms. The summed E-state index contributed by atoms with van der Waals surface area (Å²) in [5, 5.41) is 2.78. The van der Waals surface area contributed by atoms with Crippen molar-refractivity contribution in [2.24, 2.45) is 11.5 Å². The second kappa shape index (κ2) is 21.7. The van der Waals surface area contributed by atoms with Crippen LogP contribution in [0.1, 0.15) is 110 Å². The summed E-state index contributed by atoms with van der Waals surface area (Å²) in [5.41, 5.74) is 11.6. The largest absolute Gasteiger partial charge is 0.467 e. The maximum absolute atomic E-state index is 12.4. The maximum atomic E-state index is 12.4. The van der Waals surface area contributed by atoms with Crippen molar-refractivity contribution in [2.75, 3.05) is 7.11 Å². The minimum Gasteiger partial charge on any atom is -0.467 e. The monoisotopic (exact) mass is 477 g/mol. The number of carbonyl (C=O) groups excluding carboxylic acids is 3. The summed E-state index contributed by atoms with van der Waals surface area (Å²) >= 11 is 0. The Morgan fingerprint density at radius 2 is 1.31 bits per heavy atom. The number of hydrogen-bond acceptors (Lipinski definition) is 6. The molecule has 0 aromatic carbocycles. The van der Waals surface area contributed by atoms with Crippen molar-refractivity contribution in [1.29, 1.82) is 0 Å². The SMILES string of the molecule is CCCCCCCCC(NC(=O)C(N)CCCCCCCCC(=O)[C@H](C)N)C(=O)OC.Cl. The van der Waals surface area contributed by atoms with Crippen LogP contribution in [0.3, 0.4) is 0 Å². The van der Waals surface area contributed by atoms with Crippen molar-refractivity contribution >= 4 is 30.1 Å². The highest BCUT2D eigenvalue weighted by Gasteiger charge is 2.23. The Morgan fingerprint density at radius 3 is 1.84 bits per heavy atom. The fourth-order valence-electron chi connectivity index (χ4n) is 3.53. The number of ketones is 1. The van der Waals surface area contributed by atoms with Gasteiger partial charge in [0.15, 0.2) is 0 Å². The number of Topliss-reactive ketones (excluding diaryl/α,β-unsaturated/α-hetero) is 1. The quantitative estimate of drug-likeness (QED) is 0.178. The van der Waals surface area contributed by atoms with E-state index in [2.05, 4.69) is 12.2 Å². The van der Waals surface area contributed by atoms with E-state index >= 15 is 0 Å². The van der Waals surface area contributed by atoms with E-state index in [0.29, 0.717) is 19.3 Å². The van der Waals surface area contributed by atoms with Crippen LogP contribution in [-0.2, 0) is 19.1 Å². The van der Waals surface area contributed by atoms with Gasteiger partial charge < -0.3 is 21.5 Å². The van der Waals surface area contributed by atoms with Gasteiger partial charge >= 0.3 is 5.97 Å². The van der Waals surface area contributed by atoms with Crippen molar-refractivity contribution in [3.05, 3.63) is 0 Å². The minimum atomic E-state index is -0.617. The van der Waals surface area contributed by atoms with E-state index in [-0.39, 0.29) is 30.1 Å². The zero-order chi connectivity index (χ0) is 23.5. The van der Waals surface area contributed by atoms with E-state index in [4.69, 9.17) is 16.2 Å². The first-order chi connectivity index (χ1) is 14.8. The van der Waals surface area contributed by atoms with Crippen molar-refractivity contribution in [3.63, 3.8) is 0 Å². The van der Waals surface area contributed by atoms with E-state index < -0.39 is 18.1 Å². The standard InChI is InChI=1S/C24H47N3O4.ClH/c1-4-5-6-7-11-14-17-21(24(30)31-3)27-23(29)20(26)16-13-10-8-9-12-15-18-22(28)19(2)25;/h19-21H,4-18,25-26H2,1-3H3,(H,27,29);1H/t19-,20?,21?;/m0./s1. The lowest BCUT2D eigenvalue weighted by atomic mass is 10.0. The molecule has 0 rings (SSSR count). The maximum Gasteiger partial charge on any atom is 0.328 e. The number of amides is 1. The van der Waals surface area contributed by atoms with Gasteiger partial charge in [0.25, 0.3) is 0 Å². The first-order valence-electron chi connectivity index (χ1n) is 12.3. The predicted molar refractivity (Wildman–Crippen MR) is 133 cm³/mol. The van der Waals surface area contributed by atoms with Gasteiger partial charge in [-0.1, -0.05) is 77.6 Å². The lowest BCUT2D eigenvalue weighted by Gasteiger charge is -2.19. The molecule has 0 aliphatic heterocycles. The zero-order valence-corrected chi connectivity index (χ0v) is 21.4. The normalized spacial score (nSPS) is 13.5. The van der Waals surface area contributed by atoms with Crippen LogP contribution < -0.4 is 16.8 Å². The van der Waals surface area contributed by atoms with Gasteiger partial charge in [0.1, 0.15) is 11.8 Å². The molecule has 0 heterocycles. The Hall–Kier alpha value is -1.18. The molecule has 0 saturated heterocycles. The van der Waals surface area contributed by atoms with Crippen LogP contribution in [0.25, 0.3) is 0 Å². The third kappa shape index (κ3) is 17.4. The van der Waals surface area contributed by atoms with Crippen LogP contribution in [-0.4, -0.2) is 42.9 Å². The number of unbranched alkanes of at least 4 members (excludes halogenated alkanes) is 10. The molecule has 5 N–H and O–H groups in total. The topological polar surface area (TPSA) is 125 Å². The third-order valence-corrected chi connectivity index (χ3v) is 5.68. The van der Waals surface area contributed by atoms with Crippen LogP contribution in [0.15, 0.2) is 0 Å². The molecular formula is C24H48ClN3O4. The van der Waals surface area contributed by atoms with Crippen LogP contribution in [0.2, 0.25) is 0 Å². The van der Waals surface area contributed by atoms with Gasteiger partial charge in [0.05, 0.1) is 19.2 Å². The molecule has 0 fully saturated rings. The van der Waals surface area contributed by atoms with Crippen molar-refractivity contribution in [1.82, 2.24) is 5.32 Å². The fourth-order valence-corrected chi connectivity index (χ4v) is 3.53. The van der Waals surface area contributed by atoms with Gasteiger partial charge in [0, 0.05) is 6.42 Å². The molecular weight excluding hydrogens is 430 g/mol. The Balaban J connectivity index is 0. The summed E-state index contributed by atoms with van der Waals surface area (Å²) < 4.78 is 4.84. The lowest BCUT2D eigenvalue weighted by Crippen LogP contribution is -2.48. The molecule has 3 atom stereocenters. The molecule has 0 aliphatic rings. The predicted octanol–water partition coefficient (Wildman–Crippen LogP) is 4.18. The number of nitrogens with two attached hydrogens (primary N) is 2. The van der Waals surface area contributed by atoms with E-state index in [1.165, 1.54) is 26.4 Å². The number of nitrogens with one attached hydrogen (secondary N) is 1. The summed E-state index contributed by atoms with van der Waals surface area (Å²) in [6, 6.07) is -1.59. The second-order valence-corrected chi connectivity index (χ2v) is 8.66. The molecule has 190 valence electrons. The Morgan fingerprint density at radius 1 is 0.812 bits per heavy atom. The molecule has 7 nitrogen and oxygen atoms in total. The fraction of sp³-hybridized carbons (Fsp3) is 0.875. The van der Waals surface area contributed by atoms with Gasteiger partial charge in [-0.05, 0) is 26.2 Å². The summed E-state index contributed by atoms with van der Waals surface area (Å²) in [6.07, 6.45) is 14.4. The second-order valence-electron chi connectivity index (χ2n) is 8.66. The molecule has 32 heavy (non-hydrogen) atoms. The van der Waals surface area contributed by atoms with Gasteiger partial charge in [-0.15, -0.1) is 12.4 Å². The number of ether oxygens (including phenoxy) is 1. The minimum absolute atomic E-state index is 0. The van der Waals surface area contributed by atoms with Gasteiger partial charge in [0.2, 0.25) is 5.91 Å². The summed E-state index contributed by atoms with van der Waals surface area (Å²) in [5.74, 6) is -0.564. The van der Waals surface area contributed by atoms with Crippen LogP contribution in [0.5, 0.6) is 0 Å². The van der Waals surface area contributed by atoms with Gasteiger partial charge in [-0.2, -0.15) is 0 Å². The number of esters is 1. The van der Waals surface area contributed by atoms with Crippen molar-refractivity contribution in [2.45, 2.75) is 128 Å². The van der Waals surface area contributed by atoms with E-state index in [1.807, 2.05) is 0 Å². The first-order valence-corrected chi connectivity index (χ1v) is 12.3. The van der Waals surface area contributed by atoms with Crippen LogP contribution >= 0.6 is 12.4 Å². The molecule has 1 amide bonds. The first kappa shape index (κ1) is 33.0. The highest BCUT2D eigenvalue weighted by molar-refractivity contribution is 5.87. The number of hydrogen-bond donors (Lipinski definition) is 3. The Bertz CT molecular complexity index is 504. The van der Waals surface area contributed by atoms with Crippen molar-refractivity contribution < 1.29 is 19.1 Å². The molecule has 0 bridgehead atoms. The van der Waals surface area contributed by atoms with Gasteiger partial charge in [-0.3, -0.25) is 9.59 Å². The smallest absolute Gasteiger partial charge is 0.328 e. The summed E-state index contributed by atoms with van der Waals surface area (Å²) in [7, 11) is 1.34. The molecule has 2 unspecified atom stereocenters. The average Bonchev–Trinajstić information content (AvgIpc) is 2.75. The summed E-state index contributed by atoms with van der Waals surface area (Å²) in [4.78, 5) is 35.8. The molecule has 0 spiro atoms. The third-order valence-electron chi connectivity index (χ3n) is 5.68. The Kier molecular flexibility index (Phi) is 22.3. The number of methoxy groups -OCH3 is 1. The van der Waals surface area contributed by atoms with E-state index in [9.17, 15) is 14.4 Å². The van der Waals surface area contributed by atoms with E-state index in [0.717, 1.165) is 57.8 Å². The molecule has 0 aromatic heterocycles. The molecule has 0 aliphatic carbocycles. The van der Waals surface area contributed by atoms with Crippen LogP contribution in [0.4, 0.5) is 0 Å². The highest BCUT2D eigenvalue weighted by Crippen LogP contribution is 2.12. The van der Waals surface area contributed by atoms with Gasteiger partial charge in [-0.25, -0.2) is 4.79 Å². The Labute approximate surface area is 201 Å².